The number of nitrogens with zero attached hydrogens (tertiary/aromatic N) is 1. The number of hydrogen-bond acceptors (Lipinski definition) is 4. The van der Waals surface area contributed by atoms with Crippen LogP contribution in [0, 0.1) is 0 Å². The summed E-state index contributed by atoms with van der Waals surface area (Å²) >= 11 is 0. The maximum Gasteiger partial charge on any atom is 0.251 e. The third kappa shape index (κ3) is 5.95. The molecule has 8 heteroatoms. The van der Waals surface area contributed by atoms with Gasteiger partial charge in [0, 0.05) is 30.9 Å². The number of hydrogen-bond donors (Lipinski definition) is 2. The van der Waals surface area contributed by atoms with Gasteiger partial charge >= 0.3 is 0 Å². The van der Waals surface area contributed by atoms with E-state index in [4.69, 9.17) is 5.73 Å². The highest BCUT2D eigenvalue weighted by molar-refractivity contribution is 7.89. The first kappa shape index (κ1) is 23.0. The monoisotopic (exact) mass is 411 g/mol. The molecule has 2 rings (SSSR count). The summed E-state index contributed by atoms with van der Waals surface area (Å²) in [6.07, 6.45) is 0.667. The average molecular weight is 412 g/mol. The summed E-state index contributed by atoms with van der Waals surface area (Å²) in [4.78, 5) is 12.4. The fraction of sp³-hybridized carbons (Fsp3) is 0.316. The molecule has 0 aliphatic rings. The molecule has 3 N–H and O–H groups in total. The van der Waals surface area contributed by atoms with E-state index in [0.717, 1.165) is 5.56 Å². The van der Waals surface area contributed by atoms with Gasteiger partial charge in [-0.3, -0.25) is 4.79 Å². The number of amides is 1. The van der Waals surface area contributed by atoms with Crippen LogP contribution in [0.15, 0.2) is 53.4 Å². The van der Waals surface area contributed by atoms with E-state index in [0.29, 0.717) is 24.2 Å². The Morgan fingerprint density at radius 2 is 1.78 bits per heavy atom. The molecule has 0 heterocycles. The van der Waals surface area contributed by atoms with Crippen molar-refractivity contribution >= 4 is 34.0 Å². The van der Waals surface area contributed by atoms with Gasteiger partial charge in [0.25, 0.3) is 5.91 Å². The van der Waals surface area contributed by atoms with Crippen molar-refractivity contribution in [3.8, 4) is 0 Å². The Morgan fingerprint density at radius 1 is 1.15 bits per heavy atom. The van der Waals surface area contributed by atoms with Gasteiger partial charge < -0.3 is 11.1 Å². The Hall–Kier alpha value is -2.09. The van der Waals surface area contributed by atoms with E-state index >= 15 is 0 Å². The van der Waals surface area contributed by atoms with E-state index in [9.17, 15) is 13.2 Å². The molecule has 2 aromatic rings. The van der Waals surface area contributed by atoms with Crippen molar-refractivity contribution in [1.82, 2.24) is 9.62 Å². The smallest absolute Gasteiger partial charge is 0.251 e. The summed E-state index contributed by atoms with van der Waals surface area (Å²) in [7, 11) is -2.09. The standard InChI is InChI=1S/C19H25N3O3S.ClH/c1-14(2)22(3)26(24,25)18-6-4-5-16(13-18)19(23)21-12-11-15-7-9-17(20)10-8-15;/h4-10,13-14H,11-12,20H2,1-3H3,(H,21,23);1H. The van der Waals surface area contributed by atoms with Crippen LogP contribution >= 0.6 is 12.4 Å². The second kappa shape index (κ2) is 9.73. The lowest BCUT2D eigenvalue weighted by molar-refractivity contribution is 0.0954. The number of rotatable bonds is 7. The lowest BCUT2D eigenvalue weighted by Gasteiger charge is -2.21. The number of benzene rings is 2. The Kier molecular flexibility index (Phi) is 8.27. The van der Waals surface area contributed by atoms with Crippen molar-refractivity contribution in [2.75, 3.05) is 19.3 Å². The Morgan fingerprint density at radius 3 is 2.37 bits per heavy atom. The van der Waals surface area contributed by atoms with E-state index < -0.39 is 10.0 Å². The van der Waals surface area contributed by atoms with Crippen molar-refractivity contribution in [3.63, 3.8) is 0 Å². The summed E-state index contributed by atoms with van der Waals surface area (Å²) in [6.45, 7) is 4.04. The number of anilines is 1. The Bertz CT molecular complexity index is 868. The molecule has 148 valence electrons. The summed E-state index contributed by atoms with van der Waals surface area (Å²) in [5.74, 6) is -0.301. The van der Waals surface area contributed by atoms with Crippen LogP contribution in [0.3, 0.4) is 0 Å². The van der Waals surface area contributed by atoms with Crippen LogP contribution in [-0.2, 0) is 16.4 Å². The number of nitrogens with two attached hydrogens (primary N) is 1. The fourth-order valence-corrected chi connectivity index (χ4v) is 3.76. The van der Waals surface area contributed by atoms with Gasteiger partial charge in [-0.25, -0.2) is 8.42 Å². The minimum atomic E-state index is -3.62. The van der Waals surface area contributed by atoms with Crippen LogP contribution in [0.1, 0.15) is 29.8 Å². The molecular weight excluding hydrogens is 386 g/mol. The van der Waals surface area contributed by atoms with Crippen molar-refractivity contribution in [2.45, 2.75) is 31.2 Å². The first-order chi connectivity index (χ1) is 12.2. The zero-order valence-electron chi connectivity index (χ0n) is 15.7. The zero-order valence-corrected chi connectivity index (χ0v) is 17.3. The molecule has 0 saturated carbocycles. The minimum absolute atomic E-state index is 0. The van der Waals surface area contributed by atoms with Gasteiger partial charge in [0.2, 0.25) is 10.0 Å². The van der Waals surface area contributed by atoms with Crippen molar-refractivity contribution in [1.29, 1.82) is 0 Å². The van der Waals surface area contributed by atoms with E-state index in [1.807, 2.05) is 24.3 Å². The van der Waals surface area contributed by atoms with Crippen LogP contribution < -0.4 is 11.1 Å². The molecule has 0 unspecified atom stereocenters. The van der Waals surface area contributed by atoms with Gasteiger partial charge in [-0.2, -0.15) is 4.31 Å². The summed E-state index contributed by atoms with van der Waals surface area (Å²) in [6, 6.07) is 13.4. The van der Waals surface area contributed by atoms with E-state index in [1.165, 1.54) is 23.5 Å². The molecule has 0 aliphatic heterocycles. The molecule has 0 radical (unpaired) electrons. The molecule has 0 spiro atoms. The largest absolute Gasteiger partial charge is 0.399 e. The highest BCUT2D eigenvalue weighted by Crippen LogP contribution is 2.18. The van der Waals surface area contributed by atoms with Gasteiger partial charge in [0.15, 0.2) is 0 Å². The molecule has 6 nitrogen and oxygen atoms in total. The van der Waals surface area contributed by atoms with Gasteiger partial charge in [0.1, 0.15) is 0 Å². The summed E-state index contributed by atoms with van der Waals surface area (Å²) < 4.78 is 26.4. The van der Waals surface area contributed by atoms with E-state index in [2.05, 4.69) is 5.32 Å². The first-order valence-corrected chi connectivity index (χ1v) is 9.86. The number of carbonyl (C=O) groups is 1. The molecule has 0 fully saturated rings. The normalized spacial score (nSPS) is 11.3. The predicted molar refractivity (Wildman–Crippen MR) is 111 cm³/mol. The molecule has 27 heavy (non-hydrogen) atoms. The molecule has 2 aromatic carbocycles. The molecule has 0 aliphatic carbocycles. The van der Waals surface area contributed by atoms with Crippen LogP contribution in [0.2, 0.25) is 0 Å². The summed E-state index contributed by atoms with van der Waals surface area (Å²) in [5, 5.41) is 2.81. The SMILES string of the molecule is CC(C)N(C)S(=O)(=O)c1cccc(C(=O)NCCc2ccc(N)cc2)c1.Cl. The van der Waals surface area contributed by atoms with Gasteiger partial charge in [-0.15, -0.1) is 12.4 Å². The average Bonchev–Trinajstić information content (AvgIpc) is 2.62. The second-order valence-electron chi connectivity index (χ2n) is 6.39. The number of carbonyl (C=O) groups excluding carboxylic acids is 1. The highest BCUT2D eigenvalue weighted by atomic mass is 35.5. The lowest BCUT2D eigenvalue weighted by Crippen LogP contribution is -2.33. The first-order valence-electron chi connectivity index (χ1n) is 8.42. The highest BCUT2D eigenvalue weighted by Gasteiger charge is 2.23. The molecular formula is C19H26ClN3O3S. The third-order valence-corrected chi connectivity index (χ3v) is 6.21. The van der Waals surface area contributed by atoms with Gasteiger partial charge in [0.05, 0.1) is 4.90 Å². The Labute approximate surface area is 167 Å². The number of nitrogen functional groups attached to an aromatic ring is 1. The quantitative estimate of drug-likeness (QED) is 0.685. The minimum Gasteiger partial charge on any atom is -0.399 e. The second-order valence-corrected chi connectivity index (χ2v) is 8.39. The van der Waals surface area contributed by atoms with Gasteiger partial charge in [-0.1, -0.05) is 18.2 Å². The van der Waals surface area contributed by atoms with E-state index in [1.54, 1.807) is 26.0 Å². The molecule has 1 amide bonds. The maximum absolute atomic E-state index is 12.6. The van der Waals surface area contributed by atoms with Crippen LogP contribution in [0.4, 0.5) is 5.69 Å². The van der Waals surface area contributed by atoms with Crippen molar-refractivity contribution in [2.24, 2.45) is 0 Å². The van der Waals surface area contributed by atoms with Gasteiger partial charge in [-0.05, 0) is 56.2 Å². The number of halogens is 1. The van der Waals surface area contributed by atoms with Crippen LogP contribution in [-0.4, -0.2) is 38.3 Å². The molecule has 0 aromatic heterocycles. The number of sulfonamides is 1. The summed E-state index contributed by atoms with van der Waals surface area (Å²) in [5.41, 5.74) is 7.73. The van der Waals surface area contributed by atoms with Crippen LogP contribution in [0.5, 0.6) is 0 Å². The topological polar surface area (TPSA) is 92.5 Å². The van der Waals surface area contributed by atoms with Crippen molar-refractivity contribution < 1.29 is 13.2 Å². The zero-order chi connectivity index (χ0) is 19.3. The molecule has 0 saturated heterocycles. The molecule has 0 atom stereocenters. The van der Waals surface area contributed by atoms with Crippen LogP contribution in [0.25, 0.3) is 0 Å². The maximum atomic E-state index is 12.6. The molecule has 0 bridgehead atoms. The Balaban J connectivity index is 0.00000364. The van der Waals surface area contributed by atoms with Crippen molar-refractivity contribution in [3.05, 3.63) is 59.7 Å². The fourth-order valence-electron chi connectivity index (χ4n) is 2.35. The number of nitrogens with one attached hydrogen (secondary N) is 1. The predicted octanol–water partition coefficient (Wildman–Crippen LogP) is 2.69. The third-order valence-electron chi connectivity index (χ3n) is 4.18. The van der Waals surface area contributed by atoms with E-state index in [-0.39, 0.29) is 29.3 Å². The lowest BCUT2D eigenvalue weighted by atomic mass is 10.1.